The first-order valence-corrected chi connectivity index (χ1v) is 8.51. The first-order chi connectivity index (χ1) is 10.7. The standard InChI is InChI=1S/C9H14O2.C5H10O.C4H5ClO/c1-7(2)9(10)11-8-5-3-4-6-8;6-5-3-1-2-4-5;1-3(2)4(5)6/h8H,1,3-6H2,2H3;5-6H,1-4H2;1H2,2H3. The zero-order valence-electron chi connectivity index (χ0n) is 14.3. The Morgan fingerprint density at radius 2 is 1.35 bits per heavy atom. The first-order valence-electron chi connectivity index (χ1n) is 8.14. The number of halogens is 1. The summed E-state index contributed by atoms with van der Waals surface area (Å²) in [6.07, 6.45) is 9.20. The number of ether oxygens (including phenoxy) is 1. The van der Waals surface area contributed by atoms with Gasteiger partial charge in [0, 0.05) is 11.1 Å². The molecule has 2 aliphatic rings. The maximum Gasteiger partial charge on any atom is 0.333 e. The van der Waals surface area contributed by atoms with E-state index < -0.39 is 5.24 Å². The molecule has 0 atom stereocenters. The molecule has 2 saturated carbocycles. The van der Waals surface area contributed by atoms with E-state index in [0.29, 0.717) is 11.1 Å². The van der Waals surface area contributed by atoms with E-state index in [0.717, 1.165) is 25.7 Å². The van der Waals surface area contributed by atoms with Gasteiger partial charge in [-0.3, -0.25) is 4.79 Å². The molecule has 0 radical (unpaired) electrons. The monoisotopic (exact) mass is 344 g/mol. The van der Waals surface area contributed by atoms with E-state index in [2.05, 4.69) is 13.2 Å². The van der Waals surface area contributed by atoms with Crippen molar-refractivity contribution in [2.75, 3.05) is 0 Å². The molecule has 0 aromatic rings. The SMILES string of the molecule is C=C(C)C(=O)Cl.C=C(C)C(=O)OC1CCCC1.OC1CCCC1. The second-order valence-corrected chi connectivity index (χ2v) is 6.43. The van der Waals surface area contributed by atoms with Gasteiger partial charge in [-0.2, -0.15) is 0 Å². The van der Waals surface area contributed by atoms with Crippen molar-refractivity contribution in [3.05, 3.63) is 24.3 Å². The van der Waals surface area contributed by atoms with Crippen LogP contribution in [0.1, 0.15) is 65.2 Å². The van der Waals surface area contributed by atoms with Gasteiger partial charge in [0.2, 0.25) is 5.24 Å². The van der Waals surface area contributed by atoms with Gasteiger partial charge in [-0.1, -0.05) is 26.0 Å². The zero-order chi connectivity index (χ0) is 17.8. The molecular weight excluding hydrogens is 316 g/mol. The highest BCUT2D eigenvalue weighted by Gasteiger charge is 2.18. The maximum absolute atomic E-state index is 11.0. The van der Waals surface area contributed by atoms with Crippen molar-refractivity contribution in [2.45, 2.75) is 77.4 Å². The molecule has 0 aromatic carbocycles. The minimum absolute atomic E-state index is 0.0463. The van der Waals surface area contributed by atoms with Gasteiger partial charge < -0.3 is 9.84 Å². The van der Waals surface area contributed by atoms with E-state index in [9.17, 15) is 9.59 Å². The average molecular weight is 345 g/mol. The molecule has 0 unspecified atom stereocenters. The fourth-order valence-corrected chi connectivity index (χ4v) is 2.16. The lowest BCUT2D eigenvalue weighted by Crippen LogP contribution is -2.14. The van der Waals surface area contributed by atoms with Crippen molar-refractivity contribution in [3.63, 3.8) is 0 Å². The van der Waals surface area contributed by atoms with Crippen molar-refractivity contribution >= 4 is 22.8 Å². The Labute approximate surface area is 144 Å². The number of carbonyl (C=O) groups is 2. The Bertz CT molecular complexity index is 393. The van der Waals surface area contributed by atoms with Crippen LogP contribution in [0.4, 0.5) is 0 Å². The number of hydrogen-bond donors (Lipinski definition) is 1. The summed E-state index contributed by atoms with van der Waals surface area (Å²) in [6, 6.07) is 0. The van der Waals surface area contributed by atoms with E-state index in [-0.39, 0.29) is 18.2 Å². The van der Waals surface area contributed by atoms with E-state index in [1.54, 1.807) is 13.8 Å². The summed E-state index contributed by atoms with van der Waals surface area (Å²) < 4.78 is 5.13. The number of esters is 1. The molecular formula is C18H29ClO4. The molecule has 0 heterocycles. The molecule has 0 saturated heterocycles. The molecule has 5 heteroatoms. The second kappa shape index (κ2) is 12.3. The minimum Gasteiger partial charge on any atom is -0.459 e. The topological polar surface area (TPSA) is 63.6 Å². The fraction of sp³-hybridized carbons (Fsp3) is 0.667. The van der Waals surface area contributed by atoms with Crippen molar-refractivity contribution < 1.29 is 19.4 Å². The molecule has 1 N–H and O–H groups in total. The largest absolute Gasteiger partial charge is 0.459 e. The van der Waals surface area contributed by atoms with Gasteiger partial charge >= 0.3 is 5.97 Å². The van der Waals surface area contributed by atoms with Crippen LogP contribution in [0, 0.1) is 0 Å². The third kappa shape index (κ3) is 12.0. The summed E-state index contributed by atoms with van der Waals surface area (Å²) in [5.74, 6) is -0.239. The molecule has 0 aromatic heterocycles. The highest BCUT2D eigenvalue weighted by Crippen LogP contribution is 2.21. The van der Waals surface area contributed by atoms with Gasteiger partial charge in [0.1, 0.15) is 6.10 Å². The number of hydrogen-bond acceptors (Lipinski definition) is 4. The molecule has 132 valence electrons. The van der Waals surface area contributed by atoms with E-state index in [1.165, 1.54) is 25.7 Å². The number of rotatable bonds is 3. The van der Waals surface area contributed by atoms with Crippen LogP contribution in [0.3, 0.4) is 0 Å². The quantitative estimate of drug-likeness (QED) is 0.471. The molecule has 0 amide bonds. The molecule has 0 spiro atoms. The van der Waals surface area contributed by atoms with Crippen LogP contribution < -0.4 is 0 Å². The average Bonchev–Trinajstić information content (AvgIpc) is 3.13. The van der Waals surface area contributed by atoms with Crippen LogP contribution in [0.15, 0.2) is 24.3 Å². The molecule has 4 nitrogen and oxygen atoms in total. The van der Waals surface area contributed by atoms with Crippen molar-refractivity contribution in [3.8, 4) is 0 Å². The molecule has 0 aliphatic heterocycles. The molecule has 0 bridgehead atoms. The Hall–Kier alpha value is -1.13. The van der Waals surface area contributed by atoms with E-state index >= 15 is 0 Å². The third-order valence-corrected chi connectivity index (χ3v) is 3.91. The predicted octanol–water partition coefficient (Wildman–Crippen LogP) is 4.30. The smallest absolute Gasteiger partial charge is 0.333 e. The second-order valence-electron chi connectivity index (χ2n) is 6.08. The number of allylic oxidation sites excluding steroid dienone is 1. The van der Waals surface area contributed by atoms with Gasteiger partial charge in [-0.15, -0.1) is 0 Å². The van der Waals surface area contributed by atoms with Crippen LogP contribution in [0.2, 0.25) is 0 Å². The van der Waals surface area contributed by atoms with Gasteiger partial charge in [0.05, 0.1) is 6.10 Å². The van der Waals surface area contributed by atoms with Crippen LogP contribution in [-0.2, 0) is 14.3 Å². The number of carbonyl (C=O) groups excluding carboxylic acids is 2. The Morgan fingerprint density at radius 1 is 0.957 bits per heavy atom. The summed E-state index contributed by atoms with van der Waals surface area (Å²) in [7, 11) is 0. The summed E-state index contributed by atoms with van der Waals surface area (Å²) in [5.41, 5.74) is 0.883. The lowest BCUT2D eigenvalue weighted by molar-refractivity contribution is -0.143. The summed E-state index contributed by atoms with van der Waals surface area (Å²) in [6.45, 7) is 10.0. The minimum atomic E-state index is -0.463. The highest BCUT2D eigenvalue weighted by molar-refractivity contribution is 6.67. The molecule has 2 fully saturated rings. The van der Waals surface area contributed by atoms with Crippen LogP contribution in [0.25, 0.3) is 0 Å². The Morgan fingerprint density at radius 3 is 1.61 bits per heavy atom. The number of aliphatic hydroxyl groups excluding tert-OH is 1. The maximum atomic E-state index is 11.0. The fourth-order valence-electron chi connectivity index (χ4n) is 2.16. The predicted molar refractivity (Wildman–Crippen MR) is 93.3 cm³/mol. The Balaban J connectivity index is 0.000000344. The summed E-state index contributed by atoms with van der Waals surface area (Å²) in [4.78, 5) is 20.8. The summed E-state index contributed by atoms with van der Waals surface area (Å²) >= 11 is 4.87. The van der Waals surface area contributed by atoms with Crippen molar-refractivity contribution in [1.82, 2.24) is 0 Å². The van der Waals surface area contributed by atoms with Gasteiger partial charge in [-0.05, 0) is 64.0 Å². The van der Waals surface area contributed by atoms with Crippen LogP contribution in [-0.4, -0.2) is 28.5 Å². The van der Waals surface area contributed by atoms with Gasteiger partial charge in [0.15, 0.2) is 0 Å². The highest BCUT2D eigenvalue weighted by atomic mass is 35.5. The third-order valence-electron chi connectivity index (χ3n) is 3.58. The Kier molecular flexibility index (Phi) is 11.7. The van der Waals surface area contributed by atoms with Crippen molar-refractivity contribution in [2.24, 2.45) is 0 Å². The zero-order valence-corrected chi connectivity index (χ0v) is 15.0. The van der Waals surface area contributed by atoms with E-state index in [1.807, 2.05) is 0 Å². The lowest BCUT2D eigenvalue weighted by Gasteiger charge is -2.10. The van der Waals surface area contributed by atoms with Gasteiger partial charge in [0.25, 0.3) is 0 Å². The number of aliphatic hydroxyl groups is 1. The molecule has 2 rings (SSSR count). The molecule has 23 heavy (non-hydrogen) atoms. The summed E-state index contributed by atoms with van der Waals surface area (Å²) in [5, 5.41) is 8.27. The molecule has 2 aliphatic carbocycles. The van der Waals surface area contributed by atoms with E-state index in [4.69, 9.17) is 21.4 Å². The van der Waals surface area contributed by atoms with Crippen molar-refractivity contribution in [1.29, 1.82) is 0 Å². The van der Waals surface area contributed by atoms with Gasteiger partial charge in [-0.25, -0.2) is 4.79 Å². The normalized spacial score (nSPS) is 17.4. The lowest BCUT2D eigenvalue weighted by atomic mass is 10.3. The van der Waals surface area contributed by atoms with Crippen LogP contribution in [0.5, 0.6) is 0 Å². The first kappa shape index (κ1) is 21.9. The van der Waals surface area contributed by atoms with Crippen LogP contribution >= 0.6 is 11.6 Å².